The highest BCUT2D eigenvalue weighted by atomic mass is 127. The van der Waals surface area contributed by atoms with Gasteiger partial charge in [-0.25, -0.2) is 0 Å². The molecule has 2 aromatic rings. The molecule has 0 amide bonds. The first-order valence-corrected chi connectivity index (χ1v) is 9.39. The SMILES string of the molecule is CN=C(NCCc1c(C)noc1C)N1CCN(c2ccccc2OC)CC1.I. The number of aryl methyl sites for hydroxylation is 2. The Bertz CT molecular complexity index is 765. The van der Waals surface area contributed by atoms with Crippen LogP contribution in [0.4, 0.5) is 5.69 Å². The average molecular weight is 499 g/mol. The number of rotatable bonds is 5. The van der Waals surface area contributed by atoms with Gasteiger partial charge in [0.05, 0.1) is 18.5 Å². The molecular weight excluding hydrogens is 469 g/mol. The number of hydrogen-bond acceptors (Lipinski definition) is 5. The topological polar surface area (TPSA) is 66.1 Å². The smallest absolute Gasteiger partial charge is 0.193 e. The minimum absolute atomic E-state index is 0. The van der Waals surface area contributed by atoms with Gasteiger partial charge < -0.3 is 24.4 Å². The van der Waals surface area contributed by atoms with Crippen molar-refractivity contribution in [3.05, 3.63) is 41.3 Å². The summed E-state index contributed by atoms with van der Waals surface area (Å²) in [5.74, 6) is 2.77. The average Bonchev–Trinajstić information content (AvgIpc) is 3.03. The lowest BCUT2D eigenvalue weighted by Crippen LogP contribution is -2.52. The summed E-state index contributed by atoms with van der Waals surface area (Å²) >= 11 is 0. The van der Waals surface area contributed by atoms with Gasteiger partial charge in [-0.2, -0.15) is 0 Å². The largest absolute Gasteiger partial charge is 0.495 e. The predicted molar refractivity (Wildman–Crippen MR) is 123 cm³/mol. The Morgan fingerprint density at radius 2 is 1.93 bits per heavy atom. The number of guanidine groups is 1. The second kappa shape index (κ2) is 10.5. The summed E-state index contributed by atoms with van der Waals surface area (Å²) < 4.78 is 10.7. The molecule has 0 saturated carbocycles. The number of halogens is 1. The van der Waals surface area contributed by atoms with Crippen LogP contribution in [0.2, 0.25) is 0 Å². The van der Waals surface area contributed by atoms with Gasteiger partial charge in [-0.05, 0) is 32.4 Å². The van der Waals surface area contributed by atoms with Crippen LogP contribution in [0.25, 0.3) is 0 Å². The van der Waals surface area contributed by atoms with Crippen LogP contribution < -0.4 is 15.0 Å². The van der Waals surface area contributed by atoms with Crippen molar-refractivity contribution in [1.29, 1.82) is 0 Å². The fourth-order valence-corrected chi connectivity index (χ4v) is 3.54. The number of nitrogens with one attached hydrogen (secondary N) is 1. The molecule has 0 radical (unpaired) electrons. The molecule has 0 aliphatic carbocycles. The molecule has 1 aromatic heterocycles. The van der Waals surface area contributed by atoms with Crippen molar-refractivity contribution in [2.75, 3.05) is 51.8 Å². The van der Waals surface area contributed by atoms with E-state index in [-0.39, 0.29) is 24.0 Å². The molecule has 8 heteroatoms. The van der Waals surface area contributed by atoms with Gasteiger partial charge in [0, 0.05) is 45.3 Å². The third kappa shape index (κ3) is 5.09. The Balaban J connectivity index is 0.00000280. The molecular formula is C20H30IN5O2. The van der Waals surface area contributed by atoms with Gasteiger partial charge in [-0.3, -0.25) is 4.99 Å². The first-order chi connectivity index (χ1) is 13.1. The van der Waals surface area contributed by atoms with Gasteiger partial charge in [0.2, 0.25) is 0 Å². The van der Waals surface area contributed by atoms with Crippen molar-refractivity contribution in [2.45, 2.75) is 20.3 Å². The van der Waals surface area contributed by atoms with Crippen LogP contribution in [0.1, 0.15) is 17.0 Å². The minimum atomic E-state index is 0. The van der Waals surface area contributed by atoms with Crippen molar-refractivity contribution in [3.63, 3.8) is 0 Å². The molecule has 1 fully saturated rings. The van der Waals surface area contributed by atoms with Crippen LogP contribution in [0.3, 0.4) is 0 Å². The van der Waals surface area contributed by atoms with E-state index in [0.717, 1.165) is 68.0 Å². The number of benzene rings is 1. The number of ether oxygens (including phenoxy) is 1. The monoisotopic (exact) mass is 499 g/mol. The number of aliphatic imine (C=N–C) groups is 1. The lowest BCUT2D eigenvalue weighted by atomic mass is 10.1. The summed E-state index contributed by atoms with van der Waals surface area (Å²) in [6, 6.07) is 8.19. The Morgan fingerprint density at radius 3 is 2.54 bits per heavy atom. The first-order valence-electron chi connectivity index (χ1n) is 9.39. The number of piperazine rings is 1. The summed E-state index contributed by atoms with van der Waals surface area (Å²) in [5, 5.41) is 7.49. The molecule has 0 bridgehead atoms. The van der Waals surface area contributed by atoms with E-state index < -0.39 is 0 Å². The van der Waals surface area contributed by atoms with Crippen LogP contribution in [0.15, 0.2) is 33.8 Å². The maximum Gasteiger partial charge on any atom is 0.193 e. The Hall–Kier alpha value is -1.97. The normalized spacial score (nSPS) is 14.6. The summed E-state index contributed by atoms with van der Waals surface area (Å²) in [6.45, 7) is 8.46. The van der Waals surface area contributed by atoms with Crippen molar-refractivity contribution in [1.82, 2.24) is 15.4 Å². The van der Waals surface area contributed by atoms with E-state index in [1.165, 1.54) is 5.56 Å². The second-order valence-electron chi connectivity index (χ2n) is 6.67. The number of nitrogens with zero attached hydrogens (tertiary/aromatic N) is 4. The van der Waals surface area contributed by atoms with Crippen molar-refractivity contribution < 1.29 is 9.26 Å². The molecule has 1 N–H and O–H groups in total. The maximum atomic E-state index is 5.50. The third-order valence-electron chi connectivity index (χ3n) is 5.06. The van der Waals surface area contributed by atoms with Crippen molar-refractivity contribution in [2.24, 2.45) is 4.99 Å². The molecule has 7 nitrogen and oxygen atoms in total. The zero-order chi connectivity index (χ0) is 19.2. The fourth-order valence-electron chi connectivity index (χ4n) is 3.54. The molecule has 1 aliphatic heterocycles. The van der Waals surface area contributed by atoms with Crippen LogP contribution in [-0.2, 0) is 6.42 Å². The van der Waals surface area contributed by atoms with E-state index in [1.807, 2.05) is 33.0 Å². The molecule has 28 heavy (non-hydrogen) atoms. The fraction of sp³-hybridized carbons (Fsp3) is 0.500. The Labute approximate surface area is 184 Å². The number of aromatic nitrogens is 1. The summed E-state index contributed by atoms with van der Waals surface area (Å²) in [6.07, 6.45) is 0.876. The summed E-state index contributed by atoms with van der Waals surface area (Å²) in [7, 11) is 3.56. The minimum Gasteiger partial charge on any atom is -0.495 e. The van der Waals surface area contributed by atoms with E-state index in [4.69, 9.17) is 9.26 Å². The molecule has 3 rings (SSSR count). The summed E-state index contributed by atoms with van der Waals surface area (Å²) in [4.78, 5) is 9.13. The van der Waals surface area contributed by atoms with E-state index in [9.17, 15) is 0 Å². The number of para-hydroxylation sites is 2. The Morgan fingerprint density at radius 1 is 1.21 bits per heavy atom. The summed E-state index contributed by atoms with van der Waals surface area (Å²) in [5.41, 5.74) is 3.30. The van der Waals surface area contributed by atoms with E-state index in [1.54, 1.807) is 7.11 Å². The van der Waals surface area contributed by atoms with Gasteiger partial charge in [0.1, 0.15) is 11.5 Å². The number of hydrogen-bond donors (Lipinski definition) is 1. The lowest BCUT2D eigenvalue weighted by Gasteiger charge is -2.38. The molecule has 1 aliphatic rings. The molecule has 0 spiro atoms. The van der Waals surface area contributed by atoms with Gasteiger partial charge in [-0.15, -0.1) is 24.0 Å². The standard InChI is InChI=1S/C20H29N5O2.HI/c1-15-17(16(2)27-23-15)9-10-22-20(21-3)25-13-11-24(12-14-25)18-7-5-6-8-19(18)26-4;/h5-8H,9-14H2,1-4H3,(H,21,22);1H. The van der Waals surface area contributed by atoms with Crippen LogP contribution in [-0.4, -0.2) is 62.9 Å². The van der Waals surface area contributed by atoms with E-state index in [0.29, 0.717) is 0 Å². The van der Waals surface area contributed by atoms with Crippen LogP contribution in [0, 0.1) is 13.8 Å². The lowest BCUT2D eigenvalue weighted by molar-refractivity contribution is 0.367. The van der Waals surface area contributed by atoms with Gasteiger partial charge >= 0.3 is 0 Å². The van der Waals surface area contributed by atoms with Crippen molar-refractivity contribution in [3.8, 4) is 5.75 Å². The van der Waals surface area contributed by atoms with Crippen molar-refractivity contribution >= 4 is 35.6 Å². The molecule has 0 atom stereocenters. The molecule has 154 valence electrons. The maximum absolute atomic E-state index is 5.50. The van der Waals surface area contributed by atoms with E-state index in [2.05, 4.69) is 37.4 Å². The number of methoxy groups -OCH3 is 1. The number of anilines is 1. The van der Waals surface area contributed by atoms with Crippen LogP contribution >= 0.6 is 24.0 Å². The second-order valence-corrected chi connectivity index (χ2v) is 6.67. The quantitative estimate of drug-likeness (QED) is 0.388. The molecule has 1 saturated heterocycles. The molecule has 1 aromatic carbocycles. The zero-order valence-corrected chi connectivity index (χ0v) is 19.4. The van der Waals surface area contributed by atoms with Gasteiger partial charge in [0.25, 0.3) is 0 Å². The van der Waals surface area contributed by atoms with Gasteiger partial charge in [-0.1, -0.05) is 17.3 Å². The third-order valence-corrected chi connectivity index (χ3v) is 5.06. The molecule has 2 heterocycles. The molecule has 0 unspecified atom stereocenters. The first kappa shape index (κ1) is 22.3. The highest BCUT2D eigenvalue weighted by molar-refractivity contribution is 14.0. The highest BCUT2D eigenvalue weighted by Gasteiger charge is 2.21. The zero-order valence-electron chi connectivity index (χ0n) is 17.1. The highest BCUT2D eigenvalue weighted by Crippen LogP contribution is 2.28. The van der Waals surface area contributed by atoms with Gasteiger partial charge in [0.15, 0.2) is 5.96 Å². The predicted octanol–water partition coefficient (Wildman–Crippen LogP) is 2.86. The van der Waals surface area contributed by atoms with Crippen LogP contribution in [0.5, 0.6) is 5.75 Å². The van der Waals surface area contributed by atoms with E-state index >= 15 is 0 Å². The Kier molecular flexibility index (Phi) is 8.40.